The molecule has 1 aromatic heterocycles. The third-order valence-corrected chi connectivity index (χ3v) is 8.39. The summed E-state index contributed by atoms with van der Waals surface area (Å²) in [6.45, 7) is 1.76. The molecule has 0 atom stereocenters. The minimum atomic E-state index is -4.81. The number of carbonyl (C=O) groups is 1. The number of methoxy groups -OCH3 is 2. The van der Waals surface area contributed by atoms with E-state index in [1.54, 1.807) is 55.5 Å². The summed E-state index contributed by atoms with van der Waals surface area (Å²) in [4.78, 5) is 30.5. The maximum absolute atomic E-state index is 13.4. The summed E-state index contributed by atoms with van der Waals surface area (Å²) in [5.41, 5.74) is 11.4. The Bertz CT molecular complexity index is 2310. The largest absolute Gasteiger partial charge is 0.495 e. The summed E-state index contributed by atoms with van der Waals surface area (Å²) in [7, 11) is -1.86. The van der Waals surface area contributed by atoms with Crippen LogP contribution in [0, 0.1) is 6.92 Å². The number of nitrogen functional groups attached to an aromatic ring is 1. The minimum absolute atomic E-state index is 0.179. The number of hydrazone groups is 1. The van der Waals surface area contributed by atoms with E-state index >= 15 is 0 Å². The highest BCUT2D eigenvalue weighted by Crippen LogP contribution is 2.35. The van der Waals surface area contributed by atoms with Crippen molar-refractivity contribution in [2.45, 2.75) is 6.92 Å². The number of para-hydroxylation sites is 1. The molecule has 4 N–H and O–H groups in total. The molecule has 1 heterocycles. The smallest absolute Gasteiger partial charge is 0.296 e. The molecule has 13 heteroatoms. The highest BCUT2D eigenvalue weighted by atomic mass is 32.2. The van der Waals surface area contributed by atoms with Gasteiger partial charge in [-0.05, 0) is 84.3 Å². The lowest BCUT2D eigenvalue weighted by Crippen LogP contribution is -2.27. The van der Waals surface area contributed by atoms with Crippen molar-refractivity contribution in [3.63, 3.8) is 0 Å². The van der Waals surface area contributed by atoms with Gasteiger partial charge in [-0.15, -0.1) is 0 Å². The number of nitrogens with one attached hydrogen (secondary N) is 1. The molecule has 0 unspecified atom stereocenters. The van der Waals surface area contributed by atoms with Gasteiger partial charge in [0.2, 0.25) is 5.78 Å². The van der Waals surface area contributed by atoms with E-state index in [1.807, 2.05) is 12.1 Å². The molecule has 1 aliphatic carbocycles. The van der Waals surface area contributed by atoms with Gasteiger partial charge in [0.15, 0.2) is 5.71 Å². The lowest BCUT2D eigenvalue weighted by Gasteiger charge is -2.17. The Hall–Kier alpha value is -5.79. The Labute approximate surface area is 263 Å². The molecule has 0 saturated heterocycles. The number of carbonyl (C=O) groups excluding carboxylic acids is 1. The topological polar surface area (TPSA) is 175 Å². The van der Waals surface area contributed by atoms with Crippen molar-refractivity contribution >= 4 is 50.0 Å². The lowest BCUT2D eigenvalue weighted by atomic mass is 9.94. The monoisotopic (exact) mass is 637 g/mol. The highest BCUT2D eigenvalue weighted by Gasteiger charge is 2.33. The van der Waals surface area contributed by atoms with Gasteiger partial charge in [0.1, 0.15) is 22.2 Å². The van der Waals surface area contributed by atoms with E-state index in [4.69, 9.17) is 15.2 Å². The quantitative estimate of drug-likeness (QED) is 0.127. The molecule has 0 aliphatic heterocycles. The van der Waals surface area contributed by atoms with E-state index in [0.717, 1.165) is 17.2 Å². The van der Waals surface area contributed by atoms with Crippen molar-refractivity contribution in [2.75, 3.05) is 25.4 Å². The molecule has 1 aliphatic rings. The van der Waals surface area contributed by atoms with Gasteiger partial charge in [-0.1, -0.05) is 24.3 Å². The average molecular weight is 638 g/mol. The molecule has 4 aromatic carbocycles. The number of anilines is 2. The van der Waals surface area contributed by atoms with E-state index < -0.39 is 26.5 Å². The lowest BCUT2D eigenvalue weighted by molar-refractivity contribution is 0.106. The zero-order valence-electron chi connectivity index (χ0n) is 24.8. The molecule has 0 fully saturated rings. The number of benzene rings is 4. The number of Topliss-reactive ketones (excluding diaryl/α,β-unsaturated/α-hetero) is 1. The molecule has 0 radical (unpaired) electrons. The van der Waals surface area contributed by atoms with Crippen LogP contribution in [0.25, 0.3) is 33.8 Å². The molecule has 46 heavy (non-hydrogen) atoms. The van der Waals surface area contributed by atoms with Crippen molar-refractivity contribution in [3.05, 3.63) is 111 Å². The molecule has 5 aromatic rings. The van der Waals surface area contributed by atoms with Crippen molar-refractivity contribution < 1.29 is 27.2 Å². The first-order valence-corrected chi connectivity index (χ1v) is 15.3. The Morgan fingerprint density at radius 2 is 1.61 bits per heavy atom. The molecule has 0 bridgehead atoms. The normalized spacial score (nSPS) is 13.8. The highest BCUT2D eigenvalue weighted by molar-refractivity contribution is 7.91. The number of aryl methyl sites for hydroxylation is 1. The van der Waals surface area contributed by atoms with Gasteiger partial charge in [-0.2, -0.15) is 13.5 Å². The third-order valence-electron chi connectivity index (χ3n) is 7.52. The van der Waals surface area contributed by atoms with Crippen LogP contribution in [0.3, 0.4) is 0 Å². The van der Waals surface area contributed by atoms with Crippen LogP contribution in [0.2, 0.25) is 0 Å². The molecule has 0 amide bonds. The van der Waals surface area contributed by atoms with Gasteiger partial charge in [0.05, 0.1) is 36.5 Å². The predicted octanol–water partition coefficient (Wildman–Crippen LogP) is 4.85. The van der Waals surface area contributed by atoms with Gasteiger partial charge in [0, 0.05) is 11.3 Å². The van der Waals surface area contributed by atoms with Gasteiger partial charge in [-0.3, -0.25) is 24.1 Å². The number of ether oxygens (including phenoxy) is 2. The third kappa shape index (κ3) is 5.38. The first kappa shape index (κ1) is 30.2. The van der Waals surface area contributed by atoms with Gasteiger partial charge >= 0.3 is 0 Å². The summed E-state index contributed by atoms with van der Waals surface area (Å²) < 4.78 is 47.0. The van der Waals surface area contributed by atoms with Crippen molar-refractivity contribution in [3.8, 4) is 28.3 Å². The standard InChI is InChI=1S/C33H27N5O7S/c1-18-35-25-7-5-4-6-24(25)33(40)38(18)27-13-9-20(16-29(27)45-3)19-8-12-26(28(15-19)44-2)36-37-31-30(46(41,42)43)17-21-14-22(34)10-11-23(21)32(31)39/h4-17,36H,34H2,1-3H3,(H,41,42,43). The summed E-state index contributed by atoms with van der Waals surface area (Å²) in [6, 6.07) is 22.0. The number of nitrogens with two attached hydrogens (primary N) is 1. The number of rotatable bonds is 7. The fourth-order valence-electron chi connectivity index (χ4n) is 5.31. The SMILES string of the molecule is COc1cc(-c2ccc(-n3c(C)nc4ccccc4c3=O)c(OC)c2)ccc1NN=C1C(=O)c2ccc(N)cc2C=C1S(=O)(=O)O. The van der Waals surface area contributed by atoms with Gasteiger partial charge in [-0.25, -0.2) is 4.98 Å². The van der Waals surface area contributed by atoms with Crippen molar-refractivity contribution in [1.29, 1.82) is 0 Å². The van der Waals surface area contributed by atoms with Crippen LogP contribution < -0.4 is 26.2 Å². The molecular weight excluding hydrogens is 610 g/mol. The van der Waals surface area contributed by atoms with Gasteiger partial charge < -0.3 is 15.2 Å². The average Bonchev–Trinajstić information content (AvgIpc) is 3.03. The number of aromatic nitrogens is 2. The van der Waals surface area contributed by atoms with Crippen molar-refractivity contribution in [2.24, 2.45) is 5.10 Å². The second-order valence-corrected chi connectivity index (χ2v) is 11.7. The Kier molecular flexibility index (Phi) is 7.64. The molecule has 0 spiro atoms. The Morgan fingerprint density at radius 1 is 0.913 bits per heavy atom. The van der Waals surface area contributed by atoms with E-state index in [-0.39, 0.29) is 16.7 Å². The fraction of sp³-hybridized carbons (Fsp3) is 0.0909. The maximum Gasteiger partial charge on any atom is 0.296 e. The predicted molar refractivity (Wildman–Crippen MR) is 176 cm³/mol. The van der Waals surface area contributed by atoms with Crippen molar-refractivity contribution in [1.82, 2.24) is 9.55 Å². The second kappa shape index (κ2) is 11.6. The minimum Gasteiger partial charge on any atom is -0.495 e. The Balaban J connectivity index is 1.35. The van der Waals surface area contributed by atoms with E-state index in [9.17, 15) is 22.6 Å². The molecule has 6 rings (SSSR count). The molecular formula is C33H27N5O7S. The van der Waals surface area contributed by atoms with Gasteiger partial charge in [0.25, 0.3) is 15.7 Å². The second-order valence-electron chi connectivity index (χ2n) is 10.4. The number of allylic oxidation sites excluding steroid dienone is 1. The zero-order chi connectivity index (χ0) is 32.7. The van der Waals surface area contributed by atoms with Crippen LogP contribution in [0.15, 0.2) is 93.7 Å². The summed E-state index contributed by atoms with van der Waals surface area (Å²) in [5, 5.41) is 4.55. The van der Waals surface area contributed by atoms with E-state index in [1.165, 1.54) is 37.0 Å². The number of nitrogens with zero attached hydrogens (tertiary/aromatic N) is 3. The number of fused-ring (bicyclic) bond motifs is 2. The fourth-order valence-corrected chi connectivity index (χ4v) is 5.97. The first-order chi connectivity index (χ1) is 22.0. The molecule has 12 nitrogen and oxygen atoms in total. The van der Waals surface area contributed by atoms with Crippen LogP contribution in [0.4, 0.5) is 11.4 Å². The van der Waals surface area contributed by atoms with Crippen LogP contribution in [-0.2, 0) is 10.1 Å². The summed E-state index contributed by atoms with van der Waals surface area (Å²) >= 11 is 0. The maximum atomic E-state index is 13.4. The van der Waals surface area contributed by atoms with Crippen LogP contribution in [0.1, 0.15) is 21.7 Å². The van der Waals surface area contributed by atoms with Crippen LogP contribution in [0.5, 0.6) is 11.5 Å². The summed E-state index contributed by atoms with van der Waals surface area (Å²) in [5.74, 6) is 0.556. The number of hydrogen-bond acceptors (Lipinski definition) is 10. The van der Waals surface area contributed by atoms with E-state index in [0.29, 0.717) is 45.3 Å². The van der Waals surface area contributed by atoms with Crippen LogP contribution >= 0.6 is 0 Å². The van der Waals surface area contributed by atoms with E-state index in [2.05, 4.69) is 15.5 Å². The number of ketones is 1. The first-order valence-electron chi connectivity index (χ1n) is 13.8. The number of hydrogen-bond donors (Lipinski definition) is 3. The summed E-state index contributed by atoms with van der Waals surface area (Å²) in [6.07, 6.45) is 1.14. The Morgan fingerprint density at radius 3 is 2.33 bits per heavy atom. The van der Waals surface area contributed by atoms with Crippen LogP contribution in [-0.4, -0.2) is 48.2 Å². The zero-order valence-corrected chi connectivity index (χ0v) is 25.6. The molecule has 232 valence electrons. The molecule has 0 saturated carbocycles.